The first-order valence-corrected chi connectivity index (χ1v) is 4.76. The molecule has 1 nitrogen and oxygen atoms in total. The predicted octanol–water partition coefficient (Wildman–Crippen LogP) is 2.65. The van der Waals surface area contributed by atoms with E-state index in [0.29, 0.717) is 11.8 Å². The van der Waals surface area contributed by atoms with Gasteiger partial charge < -0.3 is 0 Å². The summed E-state index contributed by atoms with van der Waals surface area (Å²) in [7, 11) is 0. The summed E-state index contributed by atoms with van der Waals surface area (Å²) in [4.78, 5) is 10.1. The van der Waals surface area contributed by atoms with Crippen molar-refractivity contribution >= 4 is 40.2 Å². The van der Waals surface area contributed by atoms with Crippen LogP contribution in [0.2, 0.25) is 0 Å². The van der Waals surface area contributed by atoms with Gasteiger partial charge in [0.2, 0.25) is 5.24 Å². The van der Waals surface area contributed by atoms with E-state index in [2.05, 4.69) is 0 Å². The second-order valence-corrected chi connectivity index (χ2v) is 3.77. The van der Waals surface area contributed by atoms with Crippen LogP contribution in [-0.2, 0) is 4.79 Å². The van der Waals surface area contributed by atoms with Crippen molar-refractivity contribution in [3.63, 3.8) is 0 Å². The van der Waals surface area contributed by atoms with Crippen molar-refractivity contribution in [1.82, 2.24) is 0 Å². The maximum Gasteiger partial charge on any atom is 0.401 e. The third kappa shape index (κ3) is 5.11. The fraction of sp³-hybridized carbons (Fsp3) is 0.800. The Hall–Kier alpha value is 0.390. The summed E-state index contributed by atoms with van der Waals surface area (Å²) in [6, 6.07) is 0. The van der Waals surface area contributed by atoms with Crippen LogP contribution >= 0.6 is 35.0 Å². The second kappa shape index (κ2) is 5.19. The number of hydrogen-bond acceptors (Lipinski definition) is 2. The SMILES string of the molecule is O=C(Cl)CSC(CCl)C(F)(F)F. The van der Waals surface area contributed by atoms with Crippen molar-refractivity contribution in [2.45, 2.75) is 11.4 Å². The molecule has 0 fully saturated rings. The van der Waals surface area contributed by atoms with Crippen LogP contribution in [0.3, 0.4) is 0 Å². The Kier molecular flexibility index (Phi) is 5.36. The molecule has 0 heterocycles. The van der Waals surface area contributed by atoms with Gasteiger partial charge in [0.15, 0.2) is 0 Å². The molecule has 0 spiro atoms. The van der Waals surface area contributed by atoms with E-state index in [1.165, 1.54) is 0 Å². The van der Waals surface area contributed by atoms with Gasteiger partial charge in [0, 0.05) is 5.88 Å². The second-order valence-electron chi connectivity index (χ2n) is 1.85. The molecule has 1 unspecified atom stereocenters. The third-order valence-electron chi connectivity index (χ3n) is 0.903. The zero-order valence-corrected chi connectivity index (χ0v) is 8.03. The van der Waals surface area contributed by atoms with E-state index in [9.17, 15) is 18.0 Å². The van der Waals surface area contributed by atoms with Crippen molar-refractivity contribution in [3.8, 4) is 0 Å². The van der Waals surface area contributed by atoms with Gasteiger partial charge in [0.1, 0.15) is 5.25 Å². The highest BCUT2D eigenvalue weighted by molar-refractivity contribution is 8.00. The summed E-state index contributed by atoms with van der Waals surface area (Å²) in [6.07, 6.45) is -4.38. The number of rotatable bonds is 4. The molecule has 0 amide bonds. The van der Waals surface area contributed by atoms with E-state index in [4.69, 9.17) is 23.2 Å². The Morgan fingerprint density at radius 2 is 2.00 bits per heavy atom. The van der Waals surface area contributed by atoms with Gasteiger partial charge >= 0.3 is 6.18 Å². The van der Waals surface area contributed by atoms with E-state index < -0.39 is 22.5 Å². The number of carbonyl (C=O) groups is 1. The van der Waals surface area contributed by atoms with Gasteiger partial charge in [0.25, 0.3) is 0 Å². The van der Waals surface area contributed by atoms with Crippen LogP contribution in [-0.4, -0.2) is 28.3 Å². The summed E-state index contributed by atoms with van der Waals surface area (Å²) >= 11 is 10.3. The standard InChI is InChI=1S/C5H5Cl2F3OS/c6-1-3(5(8,9)10)12-2-4(7)11/h3H,1-2H2. The molecule has 0 radical (unpaired) electrons. The topological polar surface area (TPSA) is 17.1 Å². The first-order valence-electron chi connectivity index (χ1n) is 2.80. The molecular weight excluding hydrogens is 236 g/mol. The molecule has 0 saturated carbocycles. The maximum atomic E-state index is 11.9. The fourth-order valence-electron chi connectivity index (χ4n) is 0.393. The molecule has 7 heteroatoms. The lowest BCUT2D eigenvalue weighted by atomic mass is 10.5. The van der Waals surface area contributed by atoms with E-state index >= 15 is 0 Å². The summed E-state index contributed by atoms with van der Waals surface area (Å²) in [5.41, 5.74) is 0. The minimum atomic E-state index is -4.38. The molecule has 0 aromatic heterocycles. The normalized spacial score (nSPS) is 14.4. The van der Waals surface area contributed by atoms with Crippen molar-refractivity contribution in [1.29, 1.82) is 0 Å². The number of halogens is 5. The zero-order chi connectivity index (χ0) is 9.78. The van der Waals surface area contributed by atoms with Crippen LogP contribution in [0.5, 0.6) is 0 Å². The summed E-state index contributed by atoms with van der Waals surface area (Å²) in [6.45, 7) is 0. The smallest absolute Gasteiger partial charge is 0.280 e. The number of alkyl halides is 4. The maximum absolute atomic E-state index is 11.9. The van der Waals surface area contributed by atoms with Crippen molar-refractivity contribution in [3.05, 3.63) is 0 Å². The minimum Gasteiger partial charge on any atom is -0.280 e. The van der Waals surface area contributed by atoms with E-state index in [0.717, 1.165) is 0 Å². The van der Waals surface area contributed by atoms with Crippen molar-refractivity contribution in [2.75, 3.05) is 11.6 Å². The molecular formula is C5H5Cl2F3OS. The number of carbonyl (C=O) groups excluding carboxylic acids is 1. The zero-order valence-electron chi connectivity index (χ0n) is 5.70. The Balaban J connectivity index is 3.92. The Morgan fingerprint density at radius 3 is 2.25 bits per heavy atom. The molecule has 1 atom stereocenters. The molecule has 0 bridgehead atoms. The summed E-state index contributed by atoms with van der Waals surface area (Å²) in [5, 5.41) is -2.53. The Bertz CT molecular complexity index is 161. The van der Waals surface area contributed by atoms with E-state index in [1.54, 1.807) is 0 Å². The van der Waals surface area contributed by atoms with Crippen LogP contribution in [0.1, 0.15) is 0 Å². The largest absolute Gasteiger partial charge is 0.401 e. The highest BCUT2D eigenvalue weighted by atomic mass is 35.5. The van der Waals surface area contributed by atoms with Gasteiger partial charge in [-0.15, -0.1) is 23.4 Å². The first-order chi connectivity index (χ1) is 5.38. The molecule has 0 aliphatic carbocycles. The number of thioether (sulfide) groups is 1. The van der Waals surface area contributed by atoms with E-state index in [1.807, 2.05) is 0 Å². The van der Waals surface area contributed by atoms with Gasteiger partial charge in [0.05, 0.1) is 5.75 Å². The van der Waals surface area contributed by atoms with Gasteiger partial charge in [-0.2, -0.15) is 13.2 Å². The molecule has 0 N–H and O–H groups in total. The fourth-order valence-corrected chi connectivity index (χ4v) is 1.63. The minimum absolute atomic E-state index is 0.377. The van der Waals surface area contributed by atoms with Gasteiger partial charge in [-0.1, -0.05) is 0 Å². The van der Waals surface area contributed by atoms with Crippen molar-refractivity contribution in [2.24, 2.45) is 0 Å². The highest BCUT2D eigenvalue weighted by Gasteiger charge is 2.39. The molecule has 0 aromatic rings. The van der Waals surface area contributed by atoms with Crippen LogP contribution in [0, 0.1) is 0 Å². The molecule has 0 rings (SSSR count). The van der Waals surface area contributed by atoms with Crippen LogP contribution in [0.4, 0.5) is 13.2 Å². The average molecular weight is 241 g/mol. The number of hydrogen-bond donors (Lipinski definition) is 0. The summed E-state index contributed by atoms with van der Waals surface area (Å²) in [5.74, 6) is -0.948. The van der Waals surface area contributed by atoms with Crippen LogP contribution < -0.4 is 0 Å². The molecule has 0 aliphatic rings. The lowest BCUT2D eigenvalue weighted by Gasteiger charge is -2.15. The Morgan fingerprint density at radius 1 is 1.50 bits per heavy atom. The monoisotopic (exact) mass is 240 g/mol. The lowest BCUT2D eigenvalue weighted by Crippen LogP contribution is -2.28. The van der Waals surface area contributed by atoms with Gasteiger partial charge in [-0.3, -0.25) is 4.79 Å². The van der Waals surface area contributed by atoms with Crippen molar-refractivity contribution < 1.29 is 18.0 Å². The molecule has 12 heavy (non-hydrogen) atoms. The Labute approximate surface area is 81.6 Å². The van der Waals surface area contributed by atoms with Crippen LogP contribution in [0.25, 0.3) is 0 Å². The van der Waals surface area contributed by atoms with Gasteiger partial charge in [-0.05, 0) is 11.6 Å². The molecule has 72 valence electrons. The quantitative estimate of drug-likeness (QED) is 0.556. The highest BCUT2D eigenvalue weighted by Crippen LogP contribution is 2.31. The molecule has 0 saturated heterocycles. The van der Waals surface area contributed by atoms with Crippen LogP contribution in [0.15, 0.2) is 0 Å². The first kappa shape index (κ1) is 12.4. The van der Waals surface area contributed by atoms with E-state index in [-0.39, 0.29) is 5.75 Å². The lowest BCUT2D eigenvalue weighted by molar-refractivity contribution is -0.124. The average Bonchev–Trinajstić information content (AvgIpc) is 1.85. The molecule has 0 aromatic carbocycles. The summed E-state index contributed by atoms with van der Waals surface area (Å²) < 4.78 is 35.7. The molecule has 0 aliphatic heterocycles. The predicted molar refractivity (Wildman–Crippen MR) is 43.9 cm³/mol. The third-order valence-corrected chi connectivity index (χ3v) is 2.95. The van der Waals surface area contributed by atoms with Gasteiger partial charge in [-0.25, -0.2) is 0 Å².